The van der Waals surface area contributed by atoms with Crippen molar-refractivity contribution in [3.8, 4) is 5.82 Å². The maximum Gasteiger partial charge on any atom is 0.280 e. The molecule has 0 radical (unpaired) electrons. The van der Waals surface area contributed by atoms with Crippen LogP contribution in [0.5, 0.6) is 0 Å². The Kier molecular flexibility index (Phi) is 5.42. The van der Waals surface area contributed by atoms with Gasteiger partial charge in [0.05, 0.1) is 0 Å². The Bertz CT molecular complexity index is 1300. The van der Waals surface area contributed by atoms with Gasteiger partial charge in [-0.3, -0.25) is 9.29 Å². The van der Waals surface area contributed by atoms with E-state index in [2.05, 4.69) is 30.0 Å². The summed E-state index contributed by atoms with van der Waals surface area (Å²) in [4.78, 5) is 17.0. The summed E-state index contributed by atoms with van der Waals surface area (Å²) >= 11 is 0. The molecule has 0 fully saturated rings. The van der Waals surface area contributed by atoms with Crippen LogP contribution in [-0.4, -0.2) is 37.5 Å². The fraction of sp³-hybridized carbons (Fsp3) is 0.200. The van der Waals surface area contributed by atoms with Crippen molar-refractivity contribution in [2.45, 2.75) is 32.3 Å². The van der Waals surface area contributed by atoms with Crippen LogP contribution in [0.2, 0.25) is 0 Å². The van der Waals surface area contributed by atoms with Gasteiger partial charge in [0.15, 0.2) is 5.03 Å². The number of nitrogens with zero attached hydrogens (tertiary/aromatic N) is 6. The van der Waals surface area contributed by atoms with Crippen molar-refractivity contribution < 1.29 is 8.42 Å². The summed E-state index contributed by atoms with van der Waals surface area (Å²) in [5.74, 6) is 2.57. The molecule has 0 saturated heterocycles. The maximum absolute atomic E-state index is 12.6. The van der Waals surface area contributed by atoms with Gasteiger partial charge in [0.2, 0.25) is 0 Å². The number of hydrogen-bond acceptors (Lipinski definition) is 7. The predicted molar refractivity (Wildman–Crippen MR) is 117 cm³/mol. The number of aryl methyl sites for hydroxylation is 3. The zero-order chi connectivity index (χ0) is 22.0. The molecule has 1 aromatic carbocycles. The third kappa shape index (κ3) is 4.56. The van der Waals surface area contributed by atoms with Crippen molar-refractivity contribution in [1.82, 2.24) is 29.1 Å². The van der Waals surface area contributed by atoms with Crippen LogP contribution in [0.15, 0.2) is 60.3 Å². The standard InChI is InChI=1S/C20H22N8O2S/c1-4-27-12-20(24-15(27)3)31(29,30)26-17-7-5-16(6-8-17)25-18-11-19(23-14(2)22-18)28-10-9-21-13-28/h5-13,26H,4H2,1-3H3,(H,22,23,25). The highest BCUT2D eigenvalue weighted by Gasteiger charge is 2.19. The first-order chi connectivity index (χ1) is 14.8. The molecular weight excluding hydrogens is 416 g/mol. The van der Waals surface area contributed by atoms with Crippen LogP contribution < -0.4 is 10.0 Å². The molecule has 11 heteroatoms. The van der Waals surface area contributed by atoms with Gasteiger partial charge in [-0.2, -0.15) is 8.42 Å². The largest absolute Gasteiger partial charge is 0.340 e. The molecule has 0 unspecified atom stereocenters. The number of hydrogen-bond donors (Lipinski definition) is 2. The number of benzene rings is 1. The monoisotopic (exact) mass is 438 g/mol. The van der Waals surface area contributed by atoms with E-state index < -0.39 is 10.0 Å². The van der Waals surface area contributed by atoms with Gasteiger partial charge in [-0.05, 0) is 45.0 Å². The van der Waals surface area contributed by atoms with Crippen LogP contribution in [0.25, 0.3) is 5.82 Å². The highest BCUT2D eigenvalue weighted by Crippen LogP contribution is 2.21. The summed E-state index contributed by atoms with van der Waals surface area (Å²) in [6.45, 7) is 6.17. The van der Waals surface area contributed by atoms with E-state index in [0.29, 0.717) is 35.5 Å². The average Bonchev–Trinajstić information content (AvgIpc) is 3.39. The second kappa shape index (κ2) is 8.19. The number of sulfonamides is 1. The van der Waals surface area contributed by atoms with E-state index in [-0.39, 0.29) is 5.03 Å². The summed E-state index contributed by atoms with van der Waals surface area (Å²) in [5.41, 5.74) is 1.19. The Morgan fingerprint density at radius 2 is 1.77 bits per heavy atom. The molecule has 0 aliphatic carbocycles. The Balaban J connectivity index is 1.50. The van der Waals surface area contributed by atoms with Crippen LogP contribution in [-0.2, 0) is 16.6 Å². The van der Waals surface area contributed by atoms with Gasteiger partial charge in [0.1, 0.15) is 29.6 Å². The second-order valence-corrected chi connectivity index (χ2v) is 8.48. The maximum atomic E-state index is 12.6. The van der Waals surface area contributed by atoms with E-state index in [0.717, 1.165) is 5.69 Å². The summed E-state index contributed by atoms with van der Waals surface area (Å²) in [6.07, 6.45) is 6.68. The molecule has 0 atom stereocenters. The molecule has 10 nitrogen and oxygen atoms in total. The number of anilines is 3. The van der Waals surface area contributed by atoms with Gasteiger partial charge >= 0.3 is 0 Å². The van der Waals surface area contributed by atoms with Crippen LogP contribution >= 0.6 is 0 Å². The number of rotatable bonds is 7. The third-order valence-corrected chi connectivity index (χ3v) is 5.82. The van der Waals surface area contributed by atoms with Crippen molar-refractivity contribution in [2.75, 3.05) is 10.0 Å². The average molecular weight is 439 g/mol. The minimum atomic E-state index is -3.76. The molecule has 160 valence electrons. The lowest BCUT2D eigenvalue weighted by Gasteiger charge is -2.10. The first-order valence-corrected chi connectivity index (χ1v) is 11.1. The van der Waals surface area contributed by atoms with Crippen molar-refractivity contribution in [3.05, 3.63) is 66.9 Å². The predicted octanol–water partition coefficient (Wildman–Crippen LogP) is 3.04. The molecule has 3 heterocycles. The number of imidazole rings is 2. The Morgan fingerprint density at radius 3 is 2.42 bits per heavy atom. The summed E-state index contributed by atoms with van der Waals surface area (Å²) in [6, 6.07) is 8.69. The zero-order valence-electron chi connectivity index (χ0n) is 17.3. The highest BCUT2D eigenvalue weighted by atomic mass is 32.2. The Morgan fingerprint density at radius 1 is 1.03 bits per heavy atom. The lowest BCUT2D eigenvalue weighted by molar-refractivity contribution is 0.598. The smallest absolute Gasteiger partial charge is 0.280 e. The molecule has 0 aliphatic rings. The summed E-state index contributed by atoms with van der Waals surface area (Å²) in [5, 5.41) is 3.21. The van der Waals surface area contributed by atoms with Crippen molar-refractivity contribution in [1.29, 1.82) is 0 Å². The van der Waals surface area contributed by atoms with E-state index in [1.165, 1.54) is 6.20 Å². The Labute approximate surface area is 180 Å². The molecule has 0 amide bonds. The summed E-state index contributed by atoms with van der Waals surface area (Å²) < 4.78 is 31.4. The molecule has 0 bridgehead atoms. The fourth-order valence-corrected chi connectivity index (χ4v) is 4.12. The molecule has 3 aromatic heterocycles. The SMILES string of the molecule is CCn1cc(S(=O)(=O)Nc2ccc(Nc3cc(-n4ccnc4)nc(C)n3)cc2)nc1C. The van der Waals surface area contributed by atoms with Gasteiger partial charge in [0, 0.05) is 42.6 Å². The van der Waals surface area contributed by atoms with Crippen molar-refractivity contribution in [2.24, 2.45) is 0 Å². The molecule has 2 N–H and O–H groups in total. The van der Waals surface area contributed by atoms with Crippen molar-refractivity contribution >= 4 is 27.2 Å². The zero-order valence-corrected chi connectivity index (χ0v) is 18.1. The fourth-order valence-electron chi connectivity index (χ4n) is 3.05. The highest BCUT2D eigenvalue weighted by molar-refractivity contribution is 7.92. The number of aromatic nitrogens is 6. The van der Waals surface area contributed by atoms with Crippen LogP contribution in [0.4, 0.5) is 17.2 Å². The molecule has 4 rings (SSSR count). The van der Waals surface area contributed by atoms with Gasteiger partial charge in [-0.1, -0.05) is 0 Å². The minimum absolute atomic E-state index is 0.00227. The molecule has 0 saturated carbocycles. The van der Waals surface area contributed by atoms with Crippen LogP contribution in [0, 0.1) is 13.8 Å². The van der Waals surface area contributed by atoms with Crippen LogP contribution in [0.1, 0.15) is 18.6 Å². The normalized spacial score (nSPS) is 11.5. The molecular formula is C20H22N8O2S. The van der Waals surface area contributed by atoms with Gasteiger partial charge < -0.3 is 9.88 Å². The number of nitrogens with one attached hydrogen (secondary N) is 2. The molecule has 0 spiro atoms. The van der Waals surface area contributed by atoms with E-state index in [4.69, 9.17) is 0 Å². The first-order valence-electron chi connectivity index (χ1n) is 9.62. The van der Waals surface area contributed by atoms with Gasteiger partial charge in [-0.25, -0.2) is 19.9 Å². The van der Waals surface area contributed by atoms with Gasteiger partial charge in [0.25, 0.3) is 10.0 Å². The molecule has 4 aromatic rings. The summed E-state index contributed by atoms with van der Waals surface area (Å²) in [7, 11) is -3.76. The first kappa shape index (κ1) is 20.5. The minimum Gasteiger partial charge on any atom is -0.340 e. The topological polar surface area (TPSA) is 120 Å². The van der Waals surface area contributed by atoms with E-state index in [1.807, 2.05) is 13.8 Å². The molecule has 0 aliphatic heterocycles. The van der Waals surface area contributed by atoms with E-state index in [9.17, 15) is 8.42 Å². The van der Waals surface area contributed by atoms with E-state index >= 15 is 0 Å². The quantitative estimate of drug-likeness (QED) is 0.455. The lowest BCUT2D eigenvalue weighted by Crippen LogP contribution is -2.13. The van der Waals surface area contributed by atoms with Crippen LogP contribution in [0.3, 0.4) is 0 Å². The third-order valence-electron chi connectivity index (χ3n) is 4.57. The lowest BCUT2D eigenvalue weighted by atomic mass is 10.3. The Hall–Kier alpha value is -3.73. The molecule has 31 heavy (non-hydrogen) atoms. The van der Waals surface area contributed by atoms with E-state index in [1.54, 1.807) is 65.1 Å². The van der Waals surface area contributed by atoms with Gasteiger partial charge in [-0.15, -0.1) is 0 Å². The van der Waals surface area contributed by atoms with Crippen molar-refractivity contribution in [3.63, 3.8) is 0 Å². The second-order valence-electron chi connectivity index (χ2n) is 6.85.